The monoisotopic (exact) mass is 394 g/mol. The molecule has 0 aliphatic heterocycles. The highest BCUT2D eigenvalue weighted by Crippen LogP contribution is 2.68. The van der Waals surface area contributed by atoms with Crippen LogP contribution in [0.2, 0.25) is 0 Å². The third-order valence-corrected chi connectivity index (χ3v) is 10.3. The van der Waals surface area contributed by atoms with Gasteiger partial charge < -0.3 is 10.2 Å². The quantitative estimate of drug-likeness (QED) is 0.629. The fraction of sp³-hybridized carbons (Fsp3) is 0.704. The van der Waals surface area contributed by atoms with Gasteiger partial charge in [-0.25, -0.2) is 0 Å². The zero-order valence-corrected chi connectivity index (χ0v) is 18.4. The Morgan fingerprint density at radius 3 is 2.41 bits per heavy atom. The van der Waals surface area contributed by atoms with Crippen LogP contribution in [-0.2, 0) is 0 Å². The molecule has 1 aromatic rings. The van der Waals surface area contributed by atoms with Gasteiger partial charge in [0.15, 0.2) is 0 Å². The van der Waals surface area contributed by atoms with E-state index in [9.17, 15) is 10.2 Å². The van der Waals surface area contributed by atoms with E-state index in [0.29, 0.717) is 17.3 Å². The summed E-state index contributed by atoms with van der Waals surface area (Å²) >= 11 is 0. The third-order valence-electron chi connectivity index (χ3n) is 10.3. The molecular formula is C27H38O2. The van der Waals surface area contributed by atoms with E-state index in [4.69, 9.17) is 0 Å². The molecule has 158 valence electrons. The molecule has 2 heteroatoms. The maximum Gasteiger partial charge on any atom is 0.0756 e. The van der Waals surface area contributed by atoms with Crippen molar-refractivity contribution in [3.63, 3.8) is 0 Å². The number of hydrogen-bond donors (Lipinski definition) is 2. The molecule has 0 aromatic heterocycles. The molecule has 8 atom stereocenters. The number of hydrogen-bond acceptors (Lipinski definition) is 2. The summed E-state index contributed by atoms with van der Waals surface area (Å²) in [5.41, 5.74) is 2.33. The first-order valence-electron chi connectivity index (χ1n) is 11.9. The Bertz CT molecular complexity index is 796. The molecule has 0 bridgehead atoms. The third kappa shape index (κ3) is 2.89. The van der Waals surface area contributed by atoms with E-state index in [2.05, 4.69) is 57.2 Å². The number of rotatable bonds is 1. The van der Waals surface area contributed by atoms with Crippen LogP contribution in [-0.4, -0.2) is 21.9 Å². The molecule has 4 saturated carbocycles. The van der Waals surface area contributed by atoms with E-state index in [0.717, 1.165) is 37.5 Å². The van der Waals surface area contributed by atoms with Crippen molar-refractivity contribution in [3.8, 4) is 0 Å². The predicted octanol–water partition coefficient (Wildman–Crippen LogP) is 5.83. The second-order valence-corrected chi connectivity index (χ2v) is 11.5. The SMILES string of the molecule is C[C@]12CC(=Cc3ccccc3)[C@H](O)C[C@@H]1CC[C@H]1[C@@H]2CC[C@]2(C)[C@H]1CC[C@]2(C)O. The van der Waals surface area contributed by atoms with Crippen molar-refractivity contribution in [2.45, 2.75) is 83.8 Å². The summed E-state index contributed by atoms with van der Waals surface area (Å²) in [6.07, 6.45) is 11.1. The molecule has 0 radical (unpaired) electrons. The minimum absolute atomic E-state index is 0.0915. The van der Waals surface area contributed by atoms with E-state index >= 15 is 0 Å². The van der Waals surface area contributed by atoms with Crippen LogP contribution >= 0.6 is 0 Å². The lowest BCUT2D eigenvalue weighted by Crippen LogP contribution is -2.56. The summed E-state index contributed by atoms with van der Waals surface area (Å²) in [7, 11) is 0. The van der Waals surface area contributed by atoms with Gasteiger partial charge in [-0.15, -0.1) is 0 Å². The molecule has 0 heterocycles. The van der Waals surface area contributed by atoms with E-state index in [1.165, 1.54) is 36.8 Å². The van der Waals surface area contributed by atoms with Gasteiger partial charge in [0, 0.05) is 0 Å². The van der Waals surface area contributed by atoms with Crippen molar-refractivity contribution < 1.29 is 10.2 Å². The fourth-order valence-electron chi connectivity index (χ4n) is 8.33. The second-order valence-electron chi connectivity index (χ2n) is 11.5. The van der Waals surface area contributed by atoms with Crippen molar-refractivity contribution >= 4 is 6.08 Å². The van der Waals surface area contributed by atoms with Crippen molar-refractivity contribution in [2.24, 2.45) is 34.5 Å². The summed E-state index contributed by atoms with van der Waals surface area (Å²) in [5, 5.41) is 22.1. The van der Waals surface area contributed by atoms with E-state index in [1.54, 1.807) is 0 Å². The highest BCUT2D eigenvalue weighted by atomic mass is 16.3. The number of fused-ring (bicyclic) bond motifs is 5. The predicted molar refractivity (Wildman–Crippen MR) is 118 cm³/mol. The summed E-state index contributed by atoms with van der Waals surface area (Å²) < 4.78 is 0. The number of aliphatic hydroxyl groups is 2. The lowest BCUT2D eigenvalue weighted by molar-refractivity contribution is -0.146. The smallest absolute Gasteiger partial charge is 0.0756 e. The Kier molecular flexibility index (Phi) is 4.57. The normalized spacial score (nSPS) is 50.7. The van der Waals surface area contributed by atoms with Gasteiger partial charge in [0.05, 0.1) is 11.7 Å². The van der Waals surface area contributed by atoms with Crippen LogP contribution in [0.1, 0.15) is 77.7 Å². The summed E-state index contributed by atoms with van der Waals surface area (Å²) in [4.78, 5) is 0. The maximum absolute atomic E-state index is 11.1. The Labute approximate surface area is 176 Å². The molecule has 0 saturated heterocycles. The van der Waals surface area contributed by atoms with Gasteiger partial charge in [-0.3, -0.25) is 0 Å². The molecule has 2 nitrogen and oxygen atoms in total. The van der Waals surface area contributed by atoms with Crippen molar-refractivity contribution in [1.29, 1.82) is 0 Å². The minimum atomic E-state index is -0.498. The fourth-order valence-corrected chi connectivity index (χ4v) is 8.33. The number of aliphatic hydroxyl groups excluding tert-OH is 1. The van der Waals surface area contributed by atoms with Gasteiger partial charge in [0.1, 0.15) is 0 Å². The van der Waals surface area contributed by atoms with Crippen LogP contribution in [0.4, 0.5) is 0 Å². The first-order chi connectivity index (χ1) is 13.7. The highest BCUT2D eigenvalue weighted by molar-refractivity contribution is 5.54. The summed E-state index contributed by atoms with van der Waals surface area (Å²) in [6.45, 7) is 7.01. The molecule has 4 aliphatic carbocycles. The Balaban J connectivity index is 1.46. The molecule has 2 N–H and O–H groups in total. The lowest BCUT2D eigenvalue weighted by Gasteiger charge is -2.61. The molecule has 0 spiro atoms. The summed E-state index contributed by atoms with van der Waals surface area (Å²) in [6, 6.07) is 10.5. The Hall–Kier alpha value is -1.12. The van der Waals surface area contributed by atoms with Crippen molar-refractivity contribution in [3.05, 3.63) is 41.5 Å². The Morgan fingerprint density at radius 1 is 0.931 bits per heavy atom. The maximum atomic E-state index is 11.1. The van der Waals surface area contributed by atoms with Crippen LogP contribution in [0.25, 0.3) is 6.08 Å². The van der Waals surface area contributed by atoms with Gasteiger partial charge in [0.2, 0.25) is 0 Å². The minimum Gasteiger partial charge on any atom is -0.390 e. The van der Waals surface area contributed by atoms with E-state index in [-0.39, 0.29) is 11.5 Å². The molecule has 5 rings (SSSR count). The molecular weight excluding hydrogens is 356 g/mol. The highest BCUT2D eigenvalue weighted by Gasteiger charge is 2.63. The molecule has 4 aliphatic rings. The van der Waals surface area contributed by atoms with Crippen LogP contribution in [0.5, 0.6) is 0 Å². The van der Waals surface area contributed by atoms with E-state index in [1.807, 2.05) is 0 Å². The van der Waals surface area contributed by atoms with Crippen molar-refractivity contribution in [2.75, 3.05) is 0 Å². The molecule has 0 unspecified atom stereocenters. The van der Waals surface area contributed by atoms with Gasteiger partial charge in [-0.1, -0.05) is 50.3 Å². The largest absolute Gasteiger partial charge is 0.390 e. The van der Waals surface area contributed by atoms with Crippen LogP contribution in [0.15, 0.2) is 35.9 Å². The zero-order chi connectivity index (χ0) is 20.4. The lowest BCUT2D eigenvalue weighted by atomic mass is 9.44. The van der Waals surface area contributed by atoms with Gasteiger partial charge >= 0.3 is 0 Å². The molecule has 0 amide bonds. The van der Waals surface area contributed by atoms with Crippen LogP contribution in [0.3, 0.4) is 0 Å². The second kappa shape index (κ2) is 6.69. The average molecular weight is 395 g/mol. The molecule has 4 fully saturated rings. The summed E-state index contributed by atoms with van der Waals surface area (Å²) in [5.74, 6) is 2.79. The van der Waals surface area contributed by atoms with Gasteiger partial charge in [-0.2, -0.15) is 0 Å². The topological polar surface area (TPSA) is 40.5 Å². The first-order valence-corrected chi connectivity index (χ1v) is 11.9. The molecule has 1 aromatic carbocycles. The van der Waals surface area contributed by atoms with Crippen molar-refractivity contribution in [1.82, 2.24) is 0 Å². The number of benzene rings is 1. The Morgan fingerprint density at radius 2 is 1.66 bits per heavy atom. The van der Waals surface area contributed by atoms with Crippen LogP contribution in [0, 0.1) is 34.5 Å². The van der Waals surface area contributed by atoms with Crippen LogP contribution < -0.4 is 0 Å². The van der Waals surface area contributed by atoms with Gasteiger partial charge in [0.25, 0.3) is 0 Å². The standard InChI is InChI=1S/C27H38O2/c1-25-17-19(15-18-7-5-4-6-8-18)24(28)16-20(25)9-10-21-22(25)11-13-26(2)23(21)12-14-27(26,3)29/h4-8,15,20-24,28-29H,9-14,16-17H2,1-3H3/t20-,21-,22-,23-,24+,25-,26+,27-/m0/s1. The molecule has 29 heavy (non-hydrogen) atoms. The zero-order valence-electron chi connectivity index (χ0n) is 18.4. The van der Waals surface area contributed by atoms with Gasteiger partial charge in [-0.05, 0) is 104 Å². The van der Waals surface area contributed by atoms with E-state index < -0.39 is 5.60 Å². The average Bonchev–Trinajstić information content (AvgIpc) is 2.93. The first kappa shape index (κ1) is 19.8.